The van der Waals surface area contributed by atoms with Gasteiger partial charge in [-0.2, -0.15) is 5.10 Å². The summed E-state index contributed by atoms with van der Waals surface area (Å²) in [5.74, 6) is -0.941. The van der Waals surface area contributed by atoms with Crippen LogP contribution in [-0.2, 0) is 48.1 Å². The van der Waals surface area contributed by atoms with Crippen molar-refractivity contribution in [2.45, 2.75) is 148 Å². The highest BCUT2D eigenvalue weighted by molar-refractivity contribution is 5.98. The smallest absolute Gasteiger partial charge is 0.348 e. The van der Waals surface area contributed by atoms with Gasteiger partial charge in [-0.3, -0.25) is 28.9 Å². The minimum absolute atomic E-state index is 0.0218. The summed E-state index contributed by atoms with van der Waals surface area (Å²) in [6, 6.07) is 26.6. The molecule has 3 aliphatic rings. The number of Topliss-reactive ketones (excluding diaryl/α,β-unsaturated/α-hetero) is 1. The second kappa shape index (κ2) is 27.7. The number of benzene rings is 4. The van der Waals surface area contributed by atoms with E-state index in [1.807, 2.05) is 131 Å². The number of rotatable bonds is 26. The lowest BCUT2D eigenvalue weighted by Gasteiger charge is -2.37. The molecule has 7 N–H and O–H groups in total. The maximum absolute atomic E-state index is 14.5. The van der Waals surface area contributed by atoms with Crippen molar-refractivity contribution in [3.63, 3.8) is 0 Å². The third kappa shape index (κ3) is 16.1. The fourth-order valence-corrected chi connectivity index (χ4v) is 11.4. The molecular formula is C64H85N9O9. The fraction of sp³-hybridized carbons (Fsp3) is 0.516. The molecule has 440 valence electrons. The van der Waals surface area contributed by atoms with Gasteiger partial charge in [-0.1, -0.05) is 114 Å². The number of nitrogens with one attached hydrogen (secondary N) is 5. The summed E-state index contributed by atoms with van der Waals surface area (Å²) >= 11 is 0. The van der Waals surface area contributed by atoms with E-state index in [1.165, 1.54) is 10.6 Å². The molecule has 0 radical (unpaired) electrons. The van der Waals surface area contributed by atoms with E-state index in [4.69, 9.17) is 4.74 Å². The lowest BCUT2D eigenvalue weighted by atomic mass is 9.91. The Kier molecular flexibility index (Phi) is 20.6. The van der Waals surface area contributed by atoms with Gasteiger partial charge in [-0.25, -0.2) is 14.5 Å². The molecular weight excluding hydrogens is 1040 g/mol. The molecule has 4 heterocycles. The van der Waals surface area contributed by atoms with Gasteiger partial charge < -0.3 is 41.1 Å². The number of ether oxygens (including phenoxy) is 1. The third-order valence-electron chi connectivity index (χ3n) is 16.4. The van der Waals surface area contributed by atoms with E-state index < -0.39 is 47.3 Å². The summed E-state index contributed by atoms with van der Waals surface area (Å²) in [6.45, 7) is 17.9. The highest BCUT2D eigenvalue weighted by Gasteiger charge is 2.50. The summed E-state index contributed by atoms with van der Waals surface area (Å²) in [5, 5.41) is 40.5. The van der Waals surface area contributed by atoms with Gasteiger partial charge in [0.05, 0.1) is 29.9 Å². The van der Waals surface area contributed by atoms with Crippen molar-refractivity contribution in [2.75, 3.05) is 39.3 Å². The summed E-state index contributed by atoms with van der Waals surface area (Å²) in [4.78, 5) is 88.0. The number of aromatic nitrogens is 3. The predicted octanol–water partition coefficient (Wildman–Crippen LogP) is 6.95. The number of ketones is 1. The van der Waals surface area contributed by atoms with Crippen LogP contribution < -0.4 is 27.0 Å². The lowest BCUT2D eigenvalue weighted by molar-refractivity contribution is -0.138. The molecule has 18 nitrogen and oxygen atoms in total. The molecule has 4 aromatic carbocycles. The Morgan fingerprint density at radius 2 is 1.27 bits per heavy atom. The average molecular weight is 1120 g/mol. The van der Waals surface area contributed by atoms with Crippen molar-refractivity contribution in [1.82, 2.24) is 45.8 Å². The van der Waals surface area contributed by atoms with Crippen LogP contribution in [0.15, 0.2) is 102 Å². The first-order valence-electron chi connectivity index (χ1n) is 29.5. The SMILES string of the molecule is CC(C)CC(NC(=O)C(CCc1ccccc1)NCC1CCN(C(=O)C2CCN(Cc3ccc(-n4c(-c5cc(C(C)C)c(O)cc5O)n[nH]c4=O)cc3)CC2)CC1)C(=O)NC(Cc1ccccc1)C(=O)NC(CC(C)C)C(=O)C1(C)CO1. The first-order valence-corrected chi connectivity index (χ1v) is 29.5. The highest BCUT2D eigenvalue weighted by Crippen LogP contribution is 2.38. The Morgan fingerprint density at radius 1 is 0.695 bits per heavy atom. The number of phenols is 2. The molecule has 4 amide bonds. The van der Waals surface area contributed by atoms with Crippen molar-refractivity contribution < 1.29 is 38.9 Å². The number of aryl methyl sites for hydroxylation is 1. The van der Waals surface area contributed by atoms with E-state index in [-0.39, 0.29) is 70.9 Å². The van der Waals surface area contributed by atoms with Crippen molar-refractivity contribution in [2.24, 2.45) is 23.7 Å². The van der Waals surface area contributed by atoms with Crippen LogP contribution in [0.5, 0.6) is 11.5 Å². The van der Waals surface area contributed by atoms with Gasteiger partial charge in [0.2, 0.25) is 23.6 Å². The summed E-state index contributed by atoms with van der Waals surface area (Å²) in [5.41, 5.74) is 3.12. The molecule has 8 rings (SSSR count). The van der Waals surface area contributed by atoms with Gasteiger partial charge in [0, 0.05) is 38.0 Å². The van der Waals surface area contributed by atoms with Crippen molar-refractivity contribution in [3.8, 4) is 28.6 Å². The molecule has 5 atom stereocenters. The largest absolute Gasteiger partial charge is 0.508 e. The van der Waals surface area contributed by atoms with E-state index >= 15 is 0 Å². The number of H-pyrrole nitrogens is 1. The molecule has 3 saturated heterocycles. The van der Waals surface area contributed by atoms with E-state index in [1.54, 1.807) is 13.0 Å². The first kappa shape index (κ1) is 60.9. The van der Waals surface area contributed by atoms with Crippen LogP contribution in [0.2, 0.25) is 0 Å². The number of amides is 4. The second-order valence-corrected chi connectivity index (χ2v) is 24.3. The number of carbonyl (C=O) groups is 5. The van der Waals surface area contributed by atoms with Crippen molar-refractivity contribution in [3.05, 3.63) is 130 Å². The Balaban J connectivity index is 0.843. The minimum atomic E-state index is -1.03. The maximum atomic E-state index is 14.5. The monoisotopic (exact) mass is 1120 g/mol. The van der Waals surface area contributed by atoms with E-state index in [9.17, 15) is 39.0 Å². The summed E-state index contributed by atoms with van der Waals surface area (Å²) < 4.78 is 6.88. The molecule has 3 aliphatic heterocycles. The molecule has 1 aromatic heterocycles. The molecule has 0 bridgehead atoms. The number of aromatic amines is 1. The molecule has 0 aliphatic carbocycles. The van der Waals surface area contributed by atoms with E-state index in [2.05, 4.69) is 36.4 Å². The molecule has 0 spiro atoms. The number of hydrogen-bond acceptors (Lipinski definition) is 12. The Morgan fingerprint density at radius 3 is 1.88 bits per heavy atom. The standard InChI is InChI=1S/C64H85N9O9/c1-40(2)32-52(57(76)64(7)39-82-64)66-61(79)54(34-44-16-12-9-13-17-44)68-60(78)53(33-41(3)4)67-59(77)51(23-20-43-14-10-8-11-15-43)65-37-45-24-30-72(31-25-45)62(80)47-26-28-71(29-27-47)38-46-18-21-48(22-19-46)73-58(69-70-63(73)81)50-35-49(42(5)6)55(74)36-56(50)75/h8-19,21-22,35-36,40-42,45,47,51-54,65,74-75H,20,23-34,37-39H2,1-7H3,(H,66,79)(H,67,77)(H,68,78)(H,70,81). The van der Waals surface area contributed by atoms with Crippen LogP contribution in [0.1, 0.15) is 122 Å². The Hall–Kier alpha value is -7.15. The molecule has 3 fully saturated rings. The molecule has 0 saturated carbocycles. The molecule has 82 heavy (non-hydrogen) atoms. The van der Waals surface area contributed by atoms with Gasteiger partial charge in [-0.05, 0) is 142 Å². The first-order chi connectivity index (χ1) is 39.2. The number of nitrogens with zero attached hydrogens (tertiary/aromatic N) is 4. The number of aromatic hydroxyl groups is 2. The van der Waals surface area contributed by atoms with Gasteiger partial charge in [0.15, 0.2) is 11.6 Å². The summed E-state index contributed by atoms with van der Waals surface area (Å²) in [7, 11) is 0. The second-order valence-electron chi connectivity index (χ2n) is 24.3. The fourth-order valence-electron chi connectivity index (χ4n) is 11.4. The van der Waals surface area contributed by atoms with Crippen LogP contribution in [0.3, 0.4) is 0 Å². The van der Waals surface area contributed by atoms with Crippen molar-refractivity contribution >= 4 is 29.4 Å². The Bertz CT molecular complexity index is 3010. The van der Waals surface area contributed by atoms with Crippen LogP contribution in [0.4, 0.5) is 0 Å². The van der Waals surface area contributed by atoms with Crippen LogP contribution in [0, 0.1) is 23.7 Å². The summed E-state index contributed by atoms with van der Waals surface area (Å²) in [6.07, 6.45) is 5.15. The number of piperidine rings is 2. The lowest BCUT2D eigenvalue weighted by Crippen LogP contribution is -2.59. The average Bonchev–Trinajstić information content (AvgIpc) is 4.30. The number of hydrogen-bond donors (Lipinski definition) is 7. The van der Waals surface area contributed by atoms with Gasteiger partial charge in [0.1, 0.15) is 29.2 Å². The van der Waals surface area contributed by atoms with Crippen molar-refractivity contribution in [1.29, 1.82) is 0 Å². The zero-order valence-corrected chi connectivity index (χ0v) is 48.8. The third-order valence-corrected chi connectivity index (χ3v) is 16.4. The quantitative estimate of drug-likeness (QED) is 0.0278. The van der Waals surface area contributed by atoms with Gasteiger partial charge >= 0.3 is 5.69 Å². The predicted molar refractivity (Wildman–Crippen MR) is 315 cm³/mol. The van der Waals surface area contributed by atoms with E-state index in [0.29, 0.717) is 75.3 Å². The highest BCUT2D eigenvalue weighted by atomic mass is 16.6. The number of epoxide rings is 1. The molecule has 5 unspecified atom stereocenters. The normalized spacial score (nSPS) is 18.5. The van der Waals surface area contributed by atoms with Gasteiger partial charge in [-0.15, -0.1) is 0 Å². The van der Waals surface area contributed by atoms with Crippen LogP contribution in [-0.4, -0.2) is 133 Å². The topological polar surface area (TPSA) is 244 Å². The maximum Gasteiger partial charge on any atom is 0.348 e. The molecule has 5 aromatic rings. The van der Waals surface area contributed by atoms with Crippen LogP contribution in [0.25, 0.3) is 17.1 Å². The van der Waals surface area contributed by atoms with Crippen LogP contribution >= 0.6 is 0 Å². The Labute approximate surface area is 482 Å². The minimum Gasteiger partial charge on any atom is -0.508 e. The zero-order valence-electron chi connectivity index (χ0n) is 48.8. The van der Waals surface area contributed by atoms with Gasteiger partial charge in [0.25, 0.3) is 0 Å². The molecule has 18 heteroatoms. The number of phenolic OH excluding ortho intramolecular Hbond substituents is 2. The zero-order chi connectivity index (χ0) is 58.7. The number of carbonyl (C=O) groups excluding carboxylic acids is 5. The number of likely N-dealkylation sites (tertiary alicyclic amines) is 2. The van der Waals surface area contributed by atoms with E-state index in [0.717, 1.165) is 55.5 Å².